The predicted octanol–water partition coefficient (Wildman–Crippen LogP) is 5.04. The molecule has 0 spiro atoms. The second-order valence-corrected chi connectivity index (χ2v) is 6.01. The molecule has 2 aromatic carbocycles. The number of carbonyl (C=O) groups excluding carboxylic acids is 1. The Labute approximate surface area is 148 Å². The van der Waals surface area contributed by atoms with Crippen LogP contribution in [0.15, 0.2) is 67.0 Å². The zero-order valence-corrected chi connectivity index (χ0v) is 13.9. The van der Waals surface area contributed by atoms with Gasteiger partial charge in [0.05, 0.1) is 18.2 Å². The molecule has 1 heterocycles. The average Bonchev–Trinajstić information content (AvgIpc) is 3.09. The van der Waals surface area contributed by atoms with Crippen molar-refractivity contribution in [3.8, 4) is 0 Å². The highest BCUT2D eigenvalue weighted by Crippen LogP contribution is 2.25. The van der Waals surface area contributed by atoms with E-state index in [2.05, 4.69) is 5.32 Å². The van der Waals surface area contributed by atoms with Crippen molar-refractivity contribution in [3.63, 3.8) is 0 Å². The molecular formula is C19H15ClF2N2O. The number of amides is 1. The lowest BCUT2D eigenvalue weighted by molar-refractivity contribution is -0.116. The summed E-state index contributed by atoms with van der Waals surface area (Å²) in [4.78, 5) is 12.4. The van der Waals surface area contributed by atoms with Crippen molar-refractivity contribution in [1.29, 1.82) is 0 Å². The maximum atomic E-state index is 13.8. The van der Waals surface area contributed by atoms with Crippen LogP contribution in [0, 0.1) is 11.6 Å². The minimum absolute atomic E-state index is 0.0280. The van der Waals surface area contributed by atoms with Crippen LogP contribution in [0.2, 0.25) is 5.02 Å². The molecule has 0 aliphatic rings. The fourth-order valence-electron chi connectivity index (χ4n) is 2.63. The molecule has 0 fully saturated rings. The van der Waals surface area contributed by atoms with Gasteiger partial charge in [-0.2, -0.15) is 0 Å². The van der Waals surface area contributed by atoms with Crippen LogP contribution < -0.4 is 5.32 Å². The van der Waals surface area contributed by atoms with E-state index in [1.807, 2.05) is 16.7 Å². The summed E-state index contributed by atoms with van der Waals surface area (Å²) in [5.41, 5.74) is 0.711. The van der Waals surface area contributed by atoms with Gasteiger partial charge in [-0.3, -0.25) is 4.79 Å². The van der Waals surface area contributed by atoms with Crippen LogP contribution in [-0.2, 0) is 4.79 Å². The van der Waals surface area contributed by atoms with E-state index in [-0.39, 0.29) is 28.9 Å². The van der Waals surface area contributed by atoms with Crippen LogP contribution in [0.3, 0.4) is 0 Å². The zero-order chi connectivity index (χ0) is 17.8. The third-order valence-corrected chi connectivity index (χ3v) is 4.04. The number of hydrogen-bond donors (Lipinski definition) is 1. The quantitative estimate of drug-likeness (QED) is 0.679. The molecular weight excluding hydrogens is 346 g/mol. The van der Waals surface area contributed by atoms with Crippen LogP contribution in [0.5, 0.6) is 0 Å². The number of carbonyl (C=O) groups is 1. The van der Waals surface area contributed by atoms with E-state index >= 15 is 0 Å². The SMILES string of the molecule is O=C(C[C@H](c1cccc(F)c1)n1cccc1)Nc1ccc(Cl)cc1F. The topological polar surface area (TPSA) is 34.0 Å². The molecule has 0 radical (unpaired) electrons. The lowest BCUT2D eigenvalue weighted by Crippen LogP contribution is -2.20. The molecule has 0 saturated carbocycles. The molecule has 0 aliphatic carbocycles. The van der Waals surface area contributed by atoms with Crippen LogP contribution in [0.4, 0.5) is 14.5 Å². The highest BCUT2D eigenvalue weighted by molar-refractivity contribution is 6.30. The van der Waals surface area contributed by atoms with E-state index in [4.69, 9.17) is 11.6 Å². The van der Waals surface area contributed by atoms with Gasteiger partial charge >= 0.3 is 0 Å². The van der Waals surface area contributed by atoms with Gasteiger partial charge in [-0.15, -0.1) is 0 Å². The second-order valence-electron chi connectivity index (χ2n) is 5.58. The summed E-state index contributed by atoms with van der Waals surface area (Å²) < 4.78 is 29.2. The van der Waals surface area contributed by atoms with Gasteiger partial charge in [0.25, 0.3) is 0 Å². The minimum Gasteiger partial charge on any atom is -0.346 e. The van der Waals surface area contributed by atoms with Crippen molar-refractivity contribution in [3.05, 3.63) is 89.2 Å². The van der Waals surface area contributed by atoms with Crippen LogP contribution in [0.25, 0.3) is 0 Å². The molecule has 25 heavy (non-hydrogen) atoms. The molecule has 1 N–H and O–H groups in total. The third-order valence-electron chi connectivity index (χ3n) is 3.80. The third kappa shape index (κ3) is 4.25. The first-order valence-corrected chi connectivity index (χ1v) is 8.03. The lowest BCUT2D eigenvalue weighted by atomic mass is 10.0. The largest absolute Gasteiger partial charge is 0.346 e. The van der Waals surface area contributed by atoms with Crippen LogP contribution in [0.1, 0.15) is 18.0 Å². The minimum atomic E-state index is -0.607. The normalized spacial score (nSPS) is 12.0. The van der Waals surface area contributed by atoms with Crippen molar-refractivity contribution in [1.82, 2.24) is 4.57 Å². The summed E-state index contributed by atoms with van der Waals surface area (Å²) in [6.07, 6.45) is 3.62. The molecule has 0 bridgehead atoms. The van der Waals surface area contributed by atoms with E-state index in [0.717, 1.165) is 6.07 Å². The number of nitrogens with one attached hydrogen (secondary N) is 1. The molecule has 3 rings (SSSR count). The molecule has 3 nitrogen and oxygen atoms in total. The fourth-order valence-corrected chi connectivity index (χ4v) is 2.79. The molecule has 0 unspecified atom stereocenters. The molecule has 128 valence electrons. The van der Waals surface area contributed by atoms with Crippen molar-refractivity contribution in [2.24, 2.45) is 0 Å². The van der Waals surface area contributed by atoms with Gasteiger partial charge in [0, 0.05) is 17.4 Å². The van der Waals surface area contributed by atoms with E-state index < -0.39 is 11.9 Å². The van der Waals surface area contributed by atoms with Crippen molar-refractivity contribution < 1.29 is 13.6 Å². The molecule has 1 atom stereocenters. The fraction of sp³-hybridized carbons (Fsp3) is 0.105. The number of hydrogen-bond acceptors (Lipinski definition) is 1. The standard InChI is InChI=1S/C19H15ClF2N2O/c20-14-6-7-17(16(22)11-14)23-19(25)12-18(24-8-1-2-9-24)13-4-3-5-15(21)10-13/h1-11,18H,12H2,(H,23,25)/t18-/m1/s1. The van der Waals surface area contributed by atoms with Gasteiger partial charge in [0.1, 0.15) is 11.6 Å². The van der Waals surface area contributed by atoms with Crippen LogP contribution >= 0.6 is 11.6 Å². The van der Waals surface area contributed by atoms with E-state index in [0.29, 0.717) is 5.56 Å². The predicted molar refractivity (Wildman–Crippen MR) is 93.6 cm³/mol. The molecule has 1 aromatic heterocycles. The highest BCUT2D eigenvalue weighted by Gasteiger charge is 2.19. The Kier molecular flexibility index (Phi) is 5.14. The zero-order valence-electron chi connectivity index (χ0n) is 13.1. The second kappa shape index (κ2) is 7.49. The summed E-state index contributed by atoms with van der Waals surface area (Å²) in [6.45, 7) is 0. The van der Waals surface area contributed by atoms with Gasteiger partial charge < -0.3 is 9.88 Å². The number of nitrogens with zero attached hydrogens (tertiary/aromatic N) is 1. The first-order valence-electron chi connectivity index (χ1n) is 7.66. The van der Waals surface area contributed by atoms with E-state index in [1.165, 1.54) is 24.3 Å². The monoisotopic (exact) mass is 360 g/mol. The first-order chi connectivity index (χ1) is 12.0. The van der Waals surface area contributed by atoms with Crippen molar-refractivity contribution in [2.75, 3.05) is 5.32 Å². The summed E-state index contributed by atoms with van der Waals surface area (Å²) in [7, 11) is 0. The molecule has 1 amide bonds. The molecule has 3 aromatic rings. The smallest absolute Gasteiger partial charge is 0.226 e. The van der Waals surface area contributed by atoms with Gasteiger partial charge in [0.2, 0.25) is 5.91 Å². The number of halogens is 3. The van der Waals surface area contributed by atoms with Gasteiger partial charge in [0.15, 0.2) is 0 Å². The number of rotatable bonds is 5. The van der Waals surface area contributed by atoms with E-state index in [9.17, 15) is 13.6 Å². The maximum absolute atomic E-state index is 13.8. The van der Waals surface area contributed by atoms with Crippen molar-refractivity contribution in [2.45, 2.75) is 12.5 Å². The van der Waals surface area contributed by atoms with Gasteiger partial charge in [-0.05, 0) is 48.0 Å². The number of aromatic nitrogens is 1. The average molecular weight is 361 g/mol. The van der Waals surface area contributed by atoms with Crippen molar-refractivity contribution >= 4 is 23.2 Å². The Hall–Kier alpha value is -2.66. The highest BCUT2D eigenvalue weighted by atomic mass is 35.5. The summed E-state index contributed by atoms with van der Waals surface area (Å²) in [6, 6.07) is 13.4. The summed E-state index contributed by atoms with van der Waals surface area (Å²) >= 11 is 5.71. The number of anilines is 1. The molecule has 6 heteroatoms. The Morgan fingerprint density at radius 1 is 1.08 bits per heavy atom. The van der Waals surface area contributed by atoms with Crippen LogP contribution in [-0.4, -0.2) is 10.5 Å². The Bertz CT molecular complexity index is 881. The first kappa shape index (κ1) is 17.2. The Morgan fingerprint density at radius 3 is 2.52 bits per heavy atom. The summed E-state index contributed by atoms with van der Waals surface area (Å²) in [5, 5.41) is 2.78. The van der Waals surface area contributed by atoms with Gasteiger partial charge in [-0.25, -0.2) is 8.78 Å². The Balaban J connectivity index is 1.82. The lowest BCUT2D eigenvalue weighted by Gasteiger charge is -2.19. The molecule has 0 aliphatic heterocycles. The number of benzene rings is 2. The maximum Gasteiger partial charge on any atom is 0.226 e. The van der Waals surface area contributed by atoms with E-state index in [1.54, 1.807) is 24.5 Å². The molecule has 0 saturated heterocycles. The van der Waals surface area contributed by atoms with Gasteiger partial charge in [-0.1, -0.05) is 23.7 Å². The Morgan fingerprint density at radius 2 is 1.84 bits per heavy atom. The summed E-state index contributed by atoms with van der Waals surface area (Å²) in [5.74, 6) is -1.37.